The predicted octanol–water partition coefficient (Wildman–Crippen LogP) is 0.347. The Bertz CT molecular complexity index is 537. The lowest BCUT2D eigenvalue weighted by Gasteiger charge is -2.05. The Morgan fingerprint density at radius 3 is 2.29 bits per heavy atom. The van der Waals surface area contributed by atoms with E-state index in [4.69, 9.17) is 0 Å². The van der Waals surface area contributed by atoms with Crippen molar-refractivity contribution in [3.05, 3.63) is 34.4 Å². The van der Waals surface area contributed by atoms with E-state index >= 15 is 0 Å². The van der Waals surface area contributed by atoms with E-state index in [0.717, 1.165) is 24.3 Å². The van der Waals surface area contributed by atoms with Crippen molar-refractivity contribution >= 4 is 27.8 Å². The molecule has 1 aromatic carbocycles. The quantitative estimate of drug-likeness (QED) is 0.591. The molecule has 0 aromatic heterocycles. The van der Waals surface area contributed by atoms with Gasteiger partial charge in [-0.1, -0.05) is 0 Å². The maximum Gasteiger partial charge on any atom is 0.421 e. The van der Waals surface area contributed by atoms with Gasteiger partial charge in [0.25, 0.3) is 5.69 Å². The van der Waals surface area contributed by atoms with Crippen LogP contribution in [0.25, 0.3) is 0 Å². The number of non-ortho nitro benzene ring substituents is 1. The van der Waals surface area contributed by atoms with Crippen LogP contribution in [0.4, 0.5) is 16.2 Å². The zero-order valence-electron chi connectivity index (χ0n) is 8.19. The van der Waals surface area contributed by atoms with Crippen molar-refractivity contribution in [3.8, 4) is 0 Å². The van der Waals surface area contributed by atoms with Crippen LogP contribution in [0.3, 0.4) is 0 Å². The topological polar surface area (TPSA) is 142 Å². The first-order valence-corrected chi connectivity index (χ1v) is 5.47. The normalized spacial score (nSPS) is 10.6. The van der Waals surface area contributed by atoms with Gasteiger partial charge in [0, 0.05) is 12.1 Å². The van der Waals surface area contributed by atoms with Gasteiger partial charge in [0.2, 0.25) is 0 Å². The first kappa shape index (κ1) is 12.7. The smallest absolute Gasteiger partial charge is 0.334 e. The molecule has 10 heteroatoms. The molecule has 0 radical (unpaired) electrons. The predicted molar refractivity (Wildman–Crippen MR) is 56.3 cm³/mol. The van der Waals surface area contributed by atoms with Crippen molar-refractivity contribution in [1.29, 1.82) is 0 Å². The summed E-state index contributed by atoms with van der Waals surface area (Å²) in [6, 6.07) is 4.45. The lowest BCUT2D eigenvalue weighted by atomic mass is 10.3. The van der Waals surface area contributed by atoms with Crippen molar-refractivity contribution in [3.63, 3.8) is 0 Å². The molecule has 3 N–H and O–H groups in total. The third-order valence-corrected chi connectivity index (χ3v) is 2.38. The Morgan fingerprint density at radius 2 is 1.88 bits per heavy atom. The fourth-order valence-corrected chi connectivity index (χ4v) is 1.61. The van der Waals surface area contributed by atoms with Gasteiger partial charge in [0.15, 0.2) is 0 Å². The molecular formula is C7H7N3O6S. The molecule has 0 heterocycles. The van der Waals surface area contributed by atoms with Crippen LogP contribution in [0, 0.1) is 10.1 Å². The number of benzene rings is 1. The number of nitro benzene ring substituents is 1. The Balaban J connectivity index is 2.82. The number of nitrogens with one attached hydrogen (secondary N) is 1. The second-order valence-electron chi connectivity index (χ2n) is 2.76. The van der Waals surface area contributed by atoms with Gasteiger partial charge >= 0.3 is 16.4 Å². The summed E-state index contributed by atoms with van der Waals surface area (Å²) in [6.45, 7) is 0. The minimum absolute atomic E-state index is 0.00292. The maximum absolute atomic E-state index is 11.1. The number of primary amides is 1. The largest absolute Gasteiger partial charge is 0.421 e. The van der Waals surface area contributed by atoms with E-state index in [2.05, 4.69) is 9.92 Å². The minimum atomic E-state index is -4.36. The highest BCUT2D eigenvalue weighted by Gasteiger charge is 2.15. The van der Waals surface area contributed by atoms with E-state index in [-0.39, 0.29) is 11.4 Å². The summed E-state index contributed by atoms with van der Waals surface area (Å²) < 4.78 is 27.7. The number of amides is 1. The van der Waals surface area contributed by atoms with Gasteiger partial charge in [-0.15, -0.1) is 0 Å². The molecule has 0 aliphatic rings. The number of rotatable bonds is 4. The van der Waals surface area contributed by atoms with Gasteiger partial charge in [-0.2, -0.15) is 8.42 Å². The van der Waals surface area contributed by atoms with Crippen LogP contribution in [0.15, 0.2) is 24.3 Å². The molecule has 92 valence electrons. The summed E-state index contributed by atoms with van der Waals surface area (Å²) in [6.07, 6.45) is -1.49. The average molecular weight is 261 g/mol. The van der Waals surface area contributed by atoms with Crippen LogP contribution in [0.2, 0.25) is 0 Å². The van der Waals surface area contributed by atoms with Crippen LogP contribution < -0.4 is 10.5 Å². The van der Waals surface area contributed by atoms with Gasteiger partial charge in [0.05, 0.1) is 10.6 Å². The van der Waals surface area contributed by atoms with Gasteiger partial charge in [0.1, 0.15) is 0 Å². The third-order valence-electron chi connectivity index (χ3n) is 1.51. The summed E-state index contributed by atoms with van der Waals surface area (Å²) in [7, 11) is -4.36. The van der Waals surface area contributed by atoms with Gasteiger partial charge in [-0.05, 0) is 12.1 Å². The van der Waals surface area contributed by atoms with Crippen LogP contribution in [-0.2, 0) is 14.5 Å². The summed E-state index contributed by atoms with van der Waals surface area (Å²) in [5, 5.41) is 10.3. The van der Waals surface area contributed by atoms with Gasteiger partial charge in [-0.25, -0.2) is 4.79 Å². The summed E-state index contributed by atoms with van der Waals surface area (Å²) in [4.78, 5) is 19.9. The average Bonchev–Trinajstić information content (AvgIpc) is 2.15. The maximum atomic E-state index is 11.1. The van der Waals surface area contributed by atoms with Crippen molar-refractivity contribution in [2.45, 2.75) is 0 Å². The molecule has 0 saturated carbocycles. The van der Waals surface area contributed by atoms with Crippen LogP contribution in [0.1, 0.15) is 0 Å². The highest BCUT2D eigenvalue weighted by molar-refractivity contribution is 7.88. The lowest BCUT2D eigenvalue weighted by Crippen LogP contribution is -2.24. The molecule has 1 amide bonds. The van der Waals surface area contributed by atoms with Crippen LogP contribution in [-0.4, -0.2) is 19.4 Å². The Labute approximate surface area is 95.6 Å². The number of hydrogen-bond acceptors (Lipinski definition) is 6. The van der Waals surface area contributed by atoms with E-state index in [0.29, 0.717) is 0 Å². The van der Waals surface area contributed by atoms with E-state index in [1.165, 1.54) is 0 Å². The van der Waals surface area contributed by atoms with E-state index in [1.54, 1.807) is 0 Å². The number of nitro groups is 1. The number of nitrogens with zero attached hydrogens (tertiary/aromatic N) is 1. The summed E-state index contributed by atoms with van der Waals surface area (Å²) >= 11 is 0. The monoisotopic (exact) mass is 261 g/mol. The molecule has 1 rings (SSSR count). The highest BCUT2D eigenvalue weighted by atomic mass is 32.2. The Kier molecular flexibility index (Phi) is 3.48. The second-order valence-corrected chi connectivity index (χ2v) is 4.04. The fraction of sp³-hybridized carbons (Fsp3) is 0. The molecule has 0 unspecified atom stereocenters. The summed E-state index contributed by atoms with van der Waals surface area (Å²) in [5.41, 5.74) is 4.32. The number of carbonyl (C=O) groups excluding carboxylic acids is 1. The fourth-order valence-electron chi connectivity index (χ4n) is 0.924. The molecule has 0 bridgehead atoms. The van der Waals surface area contributed by atoms with Crippen molar-refractivity contribution in [2.75, 3.05) is 4.72 Å². The van der Waals surface area contributed by atoms with Crippen molar-refractivity contribution in [2.24, 2.45) is 5.73 Å². The van der Waals surface area contributed by atoms with E-state index in [9.17, 15) is 23.3 Å². The summed E-state index contributed by atoms with van der Waals surface area (Å²) in [5.74, 6) is 0. The van der Waals surface area contributed by atoms with E-state index in [1.807, 2.05) is 4.72 Å². The molecule has 17 heavy (non-hydrogen) atoms. The Morgan fingerprint density at radius 1 is 1.35 bits per heavy atom. The molecule has 9 nitrogen and oxygen atoms in total. The highest BCUT2D eigenvalue weighted by Crippen LogP contribution is 2.16. The first-order valence-electron chi connectivity index (χ1n) is 4.06. The van der Waals surface area contributed by atoms with Crippen LogP contribution >= 0.6 is 0 Å². The molecule has 0 spiro atoms. The molecule has 0 atom stereocenters. The molecule has 1 aromatic rings. The van der Waals surface area contributed by atoms with Gasteiger partial charge in [-0.3, -0.25) is 14.8 Å². The van der Waals surface area contributed by atoms with E-state index < -0.39 is 21.3 Å². The molecule has 0 aliphatic carbocycles. The molecule has 0 fully saturated rings. The van der Waals surface area contributed by atoms with Crippen molar-refractivity contribution in [1.82, 2.24) is 0 Å². The number of hydrogen-bond donors (Lipinski definition) is 2. The molecule has 0 saturated heterocycles. The molecule has 0 aliphatic heterocycles. The number of carbonyl (C=O) groups is 1. The number of nitrogens with two attached hydrogens (primary N) is 1. The number of anilines is 1. The Hall–Kier alpha value is -2.36. The zero-order chi connectivity index (χ0) is 13.1. The van der Waals surface area contributed by atoms with Crippen molar-refractivity contribution < 1.29 is 22.3 Å². The minimum Gasteiger partial charge on any atom is -0.334 e. The second kappa shape index (κ2) is 4.65. The van der Waals surface area contributed by atoms with Gasteiger partial charge < -0.3 is 9.92 Å². The molecular weight excluding hydrogens is 254 g/mol. The zero-order valence-corrected chi connectivity index (χ0v) is 9.01. The standard InChI is InChI=1S/C7H7N3O6S/c8-7(11)16-17(14,15)9-5-1-3-6(4-2-5)10(12)13/h1-4,9H,(H2,8,11). The SMILES string of the molecule is NC(=O)OS(=O)(=O)Nc1ccc([N+](=O)[O-])cc1. The lowest BCUT2D eigenvalue weighted by molar-refractivity contribution is -0.384. The first-order chi connectivity index (χ1) is 7.80. The third kappa shape index (κ3) is 3.95. The van der Waals surface area contributed by atoms with Crippen LogP contribution in [0.5, 0.6) is 0 Å².